The maximum absolute atomic E-state index is 4.37. The Labute approximate surface area is 132 Å². The number of thiazole rings is 1. The minimum atomic E-state index is 0.849. The van der Waals surface area contributed by atoms with Crippen LogP contribution in [0.5, 0.6) is 0 Å². The van der Waals surface area contributed by atoms with Gasteiger partial charge in [0.1, 0.15) is 9.83 Å². The number of thiophene rings is 1. The highest BCUT2D eigenvalue weighted by Crippen LogP contribution is 2.37. The summed E-state index contributed by atoms with van der Waals surface area (Å²) in [6.45, 7) is 0. The molecule has 0 unspecified atom stereocenters. The molecular weight excluding hydrogens is 356 g/mol. The molecule has 2 aromatic heterocycles. The van der Waals surface area contributed by atoms with Crippen molar-refractivity contribution in [1.82, 2.24) is 4.98 Å². The third-order valence-corrected chi connectivity index (χ3v) is 5.18. The van der Waals surface area contributed by atoms with E-state index in [4.69, 9.17) is 0 Å². The van der Waals surface area contributed by atoms with Crippen molar-refractivity contribution in [3.63, 3.8) is 0 Å². The smallest absolute Gasteiger partial charge is 0.161 e. The molecule has 20 heavy (non-hydrogen) atoms. The van der Waals surface area contributed by atoms with Crippen LogP contribution in [-0.4, -0.2) is 19.1 Å². The molecule has 0 N–H and O–H groups in total. The number of hydrogen-bond donors (Lipinski definition) is 0. The van der Waals surface area contributed by atoms with Gasteiger partial charge in [-0.1, -0.05) is 11.3 Å². The summed E-state index contributed by atoms with van der Waals surface area (Å²) in [6.07, 6.45) is 0. The van der Waals surface area contributed by atoms with Crippen LogP contribution in [0.3, 0.4) is 0 Å². The Balaban J connectivity index is 1.80. The number of hydrogen-bond acceptors (Lipinski definition) is 6. The molecule has 0 saturated heterocycles. The van der Waals surface area contributed by atoms with Gasteiger partial charge < -0.3 is 4.90 Å². The summed E-state index contributed by atoms with van der Waals surface area (Å²) in [5.41, 5.74) is 2.00. The third-order valence-electron chi connectivity index (χ3n) is 2.68. The van der Waals surface area contributed by atoms with Gasteiger partial charge >= 0.3 is 0 Å². The molecule has 0 saturated carbocycles. The van der Waals surface area contributed by atoms with E-state index in [1.165, 1.54) is 0 Å². The fourth-order valence-corrected chi connectivity index (χ4v) is 4.25. The van der Waals surface area contributed by atoms with Crippen molar-refractivity contribution in [2.45, 2.75) is 0 Å². The van der Waals surface area contributed by atoms with E-state index in [0.717, 1.165) is 29.8 Å². The summed E-state index contributed by atoms with van der Waals surface area (Å²) in [4.78, 5) is 7.42. The van der Waals surface area contributed by atoms with Crippen molar-refractivity contribution >= 4 is 64.5 Å². The fourth-order valence-electron chi connectivity index (χ4n) is 1.67. The highest BCUT2D eigenvalue weighted by Gasteiger charge is 2.06. The minimum absolute atomic E-state index is 0.849. The van der Waals surface area contributed by atoms with Crippen LogP contribution in [-0.2, 0) is 0 Å². The molecule has 3 rings (SSSR count). The topological polar surface area (TPSA) is 40.9 Å². The monoisotopic (exact) mass is 366 g/mol. The molecule has 0 fully saturated rings. The Morgan fingerprint density at radius 3 is 2.50 bits per heavy atom. The molecule has 0 spiro atoms. The lowest BCUT2D eigenvalue weighted by molar-refractivity contribution is 1.13. The Kier molecular flexibility index (Phi) is 3.82. The molecule has 0 aliphatic heterocycles. The normalized spacial score (nSPS) is 11.6. The zero-order valence-corrected chi connectivity index (χ0v) is 14.1. The average molecular weight is 367 g/mol. The van der Waals surface area contributed by atoms with Crippen LogP contribution in [0, 0.1) is 0 Å². The van der Waals surface area contributed by atoms with Gasteiger partial charge in [-0.15, -0.1) is 21.6 Å². The van der Waals surface area contributed by atoms with Crippen LogP contribution in [0.4, 0.5) is 16.4 Å². The molecule has 0 aliphatic rings. The Morgan fingerprint density at radius 1 is 1.10 bits per heavy atom. The van der Waals surface area contributed by atoms with Crippen LogP contribution in [0.1, 0.15) is 0 Å². The van der Waals surface area contributed by atoms with Gasteiger partial charge in [-0.3, -0.25) is 0 Å². The third kappa shape index (κ3) is 2.89. The van der Waals surface area contributed by atoms with E-state index >= 15 is 0 Å². The van der Waals surface area contributed by atoms with Crippen molar-refractivity contribution in [2.75, 3.05) is 19.0 Å². The highest BCUT2D eigenvalue weighted by atomic mass is 79.9. The molecule has 4 nitrogen and oxygen atoms in total. The van der Waals surface area contributed by atoms with Crippen molar-refractivity contribution in [3.8, 4) is 0 Å². The number of nitrogens with zero attached hydrogens (tertiary/aromatic N) is 4. The largest absolute Gasteiger partial charge is 0.378 e. The van der Waals surface area contributed by atoms with Crippen molar-refractivity contribution in [1.29, 1.82) is 0 Å². The predicted molar refractivity (Wildman–Crippen MR) is 90.1 cm³/mol. The van der Waals surface area contributed by atoms with E-state index in [1.807, 2.05) is 44.4 Å². The molecule has 0 atom stereocenters. The number of halogens is 1. The van der Waals surface area contributed by atoms with Crippen molar-refractivity contribution < 1.29 is 0 Å². The first kappa shape index (κ1) is 13.7. The van der Waals surface area contributed by atoms with Gasteiger partial charge in [-0.25, -0.2) is 4.98 Å². The van der Waals surface area contributed by atoms with Crippen LogP contribution in [0.15, 0.2) is 44.5 Å². The molecule has 0 radical (unpaired) electrons. The van der Waals surface area contributed by atoms with Crippen molar-refractivity contribution in [2.24, 2.45) is 10.2 Å². The minimum Gasteiger partial charge on any atom is -0.378 e. The summed E-state index contributed by atoms with van der Waals surface area (Å²) < 4.78 is 2.04. The average Bonchev–Trinajstić information content (AvgIpc) is 2.93. The second-order valence-electron chi connectivity index (χ2n) is 4.33. The zero-order chi connectivity index (χ0) is 14.1. The number of benzene rings is 1. The molecular formula is C13H11BrN4S2. The molecule has 0 aliphatic carbocycles. The van der Waals surface area contributed by atoms with E-state index in [9.17, 15) is 0 Å². The molecule has 2 heterocycles. The first-order chi connectivity index (χ1) is 9.61. The van der Waals surface area contributed by atoms with Gasteiger partial charge in [0, 0.05) is 19.8 Å². The van der Waals surface area contributed by atoms with Gasteiger partial charge in [-0.05, 0) is 46.3 Å². The van der Waals surface area contributed by atoms with Crippen molar-refractivity contribution in [3.05, 3.63) is 34.2 Å². The van der Waals surface area contributed by atoms with Gasteiger partial charge in [-0.2, -0.15) is 0 Å². The van der Waals surface area contributed by atoms with Gasteiger partial charge in [0.05, 0.1) is 10.4 Å². The number of aromatic nitrogens is 1. The van der Waals surface area contributed by atoms with Gasteiger partial charge in [0.25, 0.3) is 0 Å². The molecule has 102 valence electrons. The second-order valence-corrected chi connectivity index (χ2v) is 7.65. The first-order valence-corrected chi connectivity index (χ1v) is 8.29. The number of fused-ring (bicyclic) bond motifs is 1. The summed E-state index contributed by atoms with van der Waals surface area (Å²) in [7, 11) is 4.03. The number of rotatable bonds is 3. The van der Waals surface area contributed by atoms with Crippen LogP contribution in [0.25, 0.3) is 9.53 Å². The first-order valence-electron chi connectivity index (χ1n) is 5.87. The second kappa shape index (κ2) is 5.59. The molecule has 7 heteroatoms. The highest BCUT2D eigenvalue weighted by molar-refractivity contribution is 9.11. The van der Waals surface area contributed by atoms with Crippen LogP contribution >= 0.6 is 38.6 Å². The van der Waals surface area contributed by atoms with E-state index in [0.29, 0.717) is 0 Å². The molecule has 1 aromatic carbocycles. The van der Waals surface area contributed by atoms with E-state index < -0.39 is 0 Å². The lowest BCUT2D eigenvalue weighted by Crippen LogP contribution is -2.07. The summed E-state index contributed by atoms with van der Waals surface area (Å²) in [6, 6.07) is 9.99. The Morgan fingerprint density at radius 2 is 1.85 bits per heavy atom. The standard InChI is InChI=1S/C13H11BrN4S2/c1-18(2)9-5-3-8(4-6-9)16-17-11-7-10-12(20-11)15-13(14)19-10/h3-7H,1-2H3. The van der Waals surface area contributed by atoms with E-state index in [-0.39, 0.29) is 0 Å². The predicted octanol–water partition coefficient (Wildman–Crippen LogP) is 5.60. The summed E-state index contributed by atoms with van der Waals surface area (Å²) in [5, 5.41) is 9.41. The lowest BCUT2D eigenvalue weighted by Gasteiger charge is -2.11. The van der Waals surface area contributed by atoms with Gasteiger partial charge in [0.15, 0.2) is 3.92 Å². The summed E-state index contributed by atoms with van der Waals surface area (Å²) in [5.74, 6) is 0. The van der Waals surface area contributed by atoms with E-state index in [2.05, 4.69) is 36.0 Å². The maximum Gasteiger partial charge on any atom is 0.161 e. The van der Waals surface area contributed by atoms with Crippen LogP contribution in [0.2, 0.25) is 0 Å². The number of anilines is 1. The van der Waals surface area contributed by atoms with E-state index in [1.54, 1.807) is 22.7 Å². The Hall–Kier alpha value is -1.31. The summed E-state index contributed by atoms with van der Waals surface area (Å²) >= 11 is 6.53. The van der Waals surface area contributed by atoms with Crippen LogP contribution < -0.4 is 4.90 Å². The fraction of sp³-hybridized carbons (Fsp3) is 0.154. The Bertz CT molecular complexity index is 727. The van der Waals surface area contributed by atoms with Gasteiger partial charge in [0.2, 0.25) is 0 Å². The molecule has 0 bridgehead atoms. The molecule has 0 amide bonds. The SMILES string of the molecule is CN(C)c1ccc(N=Nc2cc3sc(Br)nc3s2)cc1. The zero-order valence-electron chi connectivity index (χ0n) is 10.9. The maximum atomic E-state index is 4.37. The molecule has 3 aromatic rings. The quantitative estimate of drug-likeness (QED) is 0.565. The number of azo groups is 1. The lowest BCUT2D eigenvalue weighted by atomic mass is 10.3.